The van der Waals surface area contributed by atoms with Gasteiger partial charge in [0.25, 0.3) is 0 Å². The Morgan fingerprint density at radius 2 is 1.12 bits per heavy atom. The average Bonchev–Trinajstić information content (AvgIpc) is 3.59. The maximum absolute atomic E-state index is 9.60. The van der Waals surface area contributed by atoms with Crippen LogP contribution in [-0.2, 0) is 9.47 Å². The van der Waals surface area contributed by atoms with Crippen molar-refractivity contribution in [2.24, 2.45) is 0 Å². The number of aromatic nitrogens is 2. The van der Waals surface area contributed by atoms with E-state index < -0.39 is 0 Å². The van der Waals surface area contributed by atoms with E-state index in [0.717, 1.165) is 0 Å². The summed E-state index contributed by atoms with van der Waals surface area (Å²) in [6, 6.07) is 18.2. The summed E-state index contributed by atoms with van der Waals surface area (Å²) < 4.78 is 33.9. The number of rotatable bonds is 12. The zero-order chi connectivity index (χ0) is 27.9. The van der Waals surface area contributed by atoms with Gasteiger partial charge in [-0.05, 0) is 56.3 Å². The number of fused-ring (bicyclic) bond motifs is 2. The smallest absolute Gasteiger partial charge is 0.227 e. The number of nitrogens with zero attached hydrogens (tertiary/aromatic N) is 4. The lowest BCUT2D eigenvalue weighted by Crippen LogP contribution is -2.07. The van der Waals surface area contributed by atoms with Gasteiger partial charge in [0, 0.05) is 30.4 Å². The molecule has 0 N–H and O–H groups in total. The molecule has 0 aliphatic carbocycles. The summed E-state index contributed by atoms with van der Waals surface area (Å²) >= 11 is 0. The second-order valence-corrected chi connectivity index (χ2v) is 8.56. The van der Waals surface area contributed by atoms with Crippen molar-refractivity contribution in [1.82, 2.24) is 9.97 Å². The van der Waals surface area contributed by atoms with E-state index in [1.54, 1.807) is 48.5 Å². The Labute approximate surface area is 230 Å². The zero-order valence-electron chi connectivity index (χ0n) is 22.1. The maximum Gasteiger partial charge on any atom is 0.227 e. The van der Waals surface area contributed by atoms with E-state index in [9.17, 15) is 10.5 Å². The molecule has 10 heteroatoms. The van der Waals surface area contributed by atoms with Gasteiger partial charge < -0.3 is 27.8 Å². The minimum Gasteiger partial charge on any atom is -0.490 e. The molecule has 0 fully saturated rings. The highest BCUT2D eigenvalue weighted by atomic mass is 16.5. The number of nitriles is 2. The van der Waals surface area contributed by atoms with Crippen molar-refractivity contribution in [1.29, 1.82) is 10.5 Å². The highest BCUT2D eigenvalue weighted by Gasteiger charge is 2.17. The van der Waals surface area contributed by atoms with Crippen LogP contribution >= 0.6 is 0 Å². The molecule has 0 saturated carbocycles. The van der Waals surface area contributed by atoms with Gasteiger partial charge >= 0.3 is 0 Å². The summed E-state index contributed by atoms with van der Waals surface area (Å²) in [7, 11) is 0. The summed E-state index contributed by atoms with van der Waals surface area (Å²) in [6.45, 7) is 6.62. The van der Waals surface area contributed by atoms with Crippen LogP contribution < -0.4 is 9.47 Å². The van der Waals surface area contributed by atoms with Crippen LogP contribution in [0.1, 0.15) is 25.0 Å². The van der Waals surface area contributed by atoms with Crippen molar-refractivity contribution < 1.29 is 27.8 Å². The van der Waals surface area contributed by atoms with Crippen LogP contribution in [0.4, 0.5) is 0 Å². The lowest BCUT2D eigenvalue weighted by molar-refractivity contribution is 0.110. The van der Waals surface area contributed by atoms with Gasteiger partial charge in [-0.25, -0.2) is 9.97 Å². The molecule has 10 nitrogen and oxygen atoms in total. The standard InChI is InChI=1S/C30H26N4O6/c1-3-35-9-11-37-25-7-5-19(13-21(25)17-31)29-33-23-15-24-28(16-27(23)39-29)40-30(34-24)20-6-8-26(22(14-20)18-32)38-12-10-36-4-2/h5-8,13-16H,3-4,9-12H2,1-2H3. The summed E-state index contributed by atoms with van der Waals surface area (Å²) in [5.41, 5.74) is 4.23. The number of benzene rings is 3. The van der Waals surface area contributed by atoms with Crippen molar-refractivity contribution in [3.63, 3.8) is 0 Å². The Morgan fingerprint density at radius 1 is 0.650 bits per heavy atom. The van der Waals surface area contributed by atoms with E-state index in [1.165, 1.54) is 0 Å². The normalized spacial score (nSPS) is 11.0. The Morgan fingerprint density at radius 3 is 1.55 bits per heavy atom. The average molecular weight is 539 g/mol. The van der Waals surface area contributed by atoms with Crippen LogP contribution in [0.5, 0.6) is 11.5 Å². The van der Waals surface area contributed by atoms with Gasteiger partial charge in [-0.3, -0.25) is 0 Å². The van der Waals surface area contributed by atoms with E-state index in [-0.39, 0.29) is 0 Å². The predicted molar refractivity (Wildman–Crippen MR) is 146 cm³/mol. The summed E-state index contributed by atoms with van der Waals surface area (Å²) in [5, 5.41) is 19.2. The van der Waals surface area contributed by atoms with Crippen LogP contribution in [0.25, 0.3) is 45.1 Å². The highest BCUT2D eigenvalue weighted by Crippen LogP contribution is 2.33. The third-order valence-electron chi connectivity index (χ3n) is 5.97. The third-order valence-corrected chi connectivity index (χ3v) is 5.97. The molecule has 0 atom stereocenters. The largest absolute Gasteiger partial charge is 0.490 e. The molecule has 0 bridgehead atoms. The first-order chi connectivity index (χ1) is 19.6. The third kappa shape index (κ3) is 5.74. The molecular weight excluding hydrogens is 512 g/mol. The SMILES string of the molecule is CCOCCOc1ccc(-c2nc3cc4nc(-c5ccc(OCCOCC)c(C#N)c5)oc4cc3o2)cc1C#N. The predicted octanol–water partition coefficient (Wildman–Crippen LogP) is 5.88. The Balaban J connectivity index is 1.38. The molecule has 0 aliphatic heterocycles. The highest BCUT2D eigenvalue weighted by molar-refractivity contribution is 5.91. The van der Waals surface area contributed by atoms with Crippen molar-refractivity contribution in [2.45, 2.75) is 13.8 Å². The molecule has 0 amide bonds. The lowest BCUT2D eigenvalue weighted by atomic mass is 10.1. The summed E-state index contributed by atoms with van der Waals surface area (Å²) in [6.07, 6.45) is 0. The van der Waals surface area contributed by atoms with Crippen LogP contribution in [0.2, 0.25) is 0 Å². The first kappa shape index (κ1) is 26.7. The molecule has 0 unspecified atom stereocenters. The molecule has 0 spiro atoms. The summed E-state index contributed by atoms with van der Waals surface area (Å²) in [4.78, 5) is 9.20. The Hall–Kier alpha value is -4.90. The van der Waals surface area contributed by atoms with E-state index >= 15 is 0 Å². The molecule has 2 heterocycles. The van der Waals surface area contributed by atoms with Crippen molar-refractivity contribution in [3.8, 4) is 46.5 Å². The molecule has 3 aromatic carbocycles. The monoisotopic (exact) mass is 538 g/mol. The number of ether oxygens (including phenoxy) is 4. The van der Waals surface area contributed by atoms with Gasteiger partial charge in [0.2, 0.25) is 11.8 Å². The van der Waals surface area contributed by atoms with E-state index in [2.05, 4.69) is 22.1 Å². The summed E-state index contributed by atoms with van der Waals surface area (Å²) in [5.74, 6) is 1.67. The number of oxazole rings is 2. The van der Waals surface area contributed by atoms with Crippen LogP contribution in [0.3, 0.4) is 0 Å². The first-order valence-corrected chi connectivity index (χ1v) is 12.8. The molecule has 202 valence electrons. The topological polar surface area (TPSA) is 137 Å². The van der Waals surface area contributed by atoms with E-state index in [1.807, 2.05) is 13.8 Å². The molecule has 5 rings (SSSR count). The lowest BCUT2D eigenvalue weighted by Gasteiger charge is -2.08. The molecule has 0 saturated heterocycles. The van der Waals surface area contributed by atoms with Gasteiger partial charge in [0.1, 0.15) is 47.9 Å². The first-order valence-electron chi connectivity index (χ1n) is 12.8. The second kappa shape index (κ2) is 12.3. The van der Waals surface area contributed by atoms with Crippen LogP contribution in [0, 0.1) is 22.7 Å². The second-order valence-electron chi connectivity index (χ2n) is 8.56. The van der Waals surface area contributed by atoms with Crippen LogP contribution in [-0.4, -0.2) is 49.6 Å². The molecular formula is C30H26N4O6. The zero-order valence-corrected chi connectivity index (χ0v) is 22.1. The van der Waals surface area contributed by atoms with Crippen LogP contribution in [0.15, 0.2) is 57.4 Å². The van der Waals surface area contributed by atoms with Gasteiger partial charge in [0.15, 0.2) is 11.2 Å². The number of hydrogen-bond acceptors (Lipinski definition) is 10. The minimum atomic E-state index is 0.350. The molecule has 2 aromatic heterocycles. The molecule has 40 heavy (non-hydrogen) atoms. The van der Waals surface area contributed by atoms with E-state index in [0.29, 0.717) is 107 Å². The quantitative estimate of drug-likeness (QED) is 0.177. The van der Waals surface area contributed by atoms with Gasteiger partial charge in [-0.1, -0.05) is 0 Å². The van der Waals surface area contributed by atoms with Gasteiger partial charge in [-0.15, -0.1) is 0 Å². The molecule has 5 aromatic rings. The molecule has 0 aliphatic rings. The van der Waals surface area contributed by atoms with Gasteiger partial charge in [-0.2, -0.15) is 10.5 Å². The fourth-order valence-electron chi connectivity index (χ4n) is 4.06. The van der Waals surface area contributed by atoms with Crippen molar-refractivity contribution >= 4 is 22.2 Å². The van der Waals surface area contributed by atoms with Crippen molar-refractivity contribution in [3.05, 3.63) is 59.7 Å². The van der Waals surface area contributed by atoms with Gasteiger partial charge in [0.05, 0.1) is 24.3 Å². The fraction of sp³-hybridized carbons (Fsp3) is 0.267. The van der Waals surface area contributed by atoms with E-state index in [4.69, 9.17) is 27.8 Å². The molecule has 0 radical (unpaired) electrons. The Bertz CT molecular complexity index is 1550. The van der Waals surface area contributed by atoms with Crippen molar-refractivity contribution in [2.75, 3.05) is 39.6 Å². The minimum absolute atomic E-state index is 0.350. The number of hydrogen-bond donors (Lipinski definition) is 0. The Kier molecular flexibility index (Phi) is 8.21. The maximum atomic E-state index is 9.60. The fourth-order valence-corrected chi connectivity index (χ4v) is 4.06.